The van der Waals surface area contributed by atoms with E-state index in [4.69, 9.17) is 15.6 Å². The third kappa shape index (κ3) is 3.34. The van der Waals surface area contributed by atoms with Crippen LogP contribution in [0.15, 0.2) is 36.4 Å². The van der Waals surface area contributed by atoms with Crippen molar-refractivity contribution in [3.63, 3.8) is 0 Å². The van der Waals surface area contributed by atoms with Gasteiger partial charge in [0.2, 0.25) is 0 Å². The van der Waals surface area contributed by atoms with Gasteiger partial charge < -0.3 is 15.6 Å². The molecule has 0 saturated carbocycles. The van der Waals surface area contributed by atoms with E-state index in [0.717, 1.165) is 11.3 Å². The Bertz CT molecular complexity index is 678. The molecule has 3 N–H and O–H groups in total. The molecule has 4 nitrogen and oxygen atoms in total. The molecule has 2 rings (SSSR count). The van der Waals surface area contributed by atoms with Crippen LogP contribution in [-0.2, 0) is 0 Å². The summed E-state index contributed by atoms with van der Waals surface area (Å²) >= 11 is 0. The molecule has 0 aliphatic heterocycles. The van der Waals surface area contributed by atoms with Crippen LogP contribution in [0, 0.1) is 6.92 Å². The number of ether oxygens (including phenoxy) is 1. The number of hydrogen-bond acceptors (Lipinski definition) is 3. The molecule has 0 heterocycles. The van der Waals surface area contributed by atoms with Crippen molar-refractivity contribution in [2.45, 2.75) is 26.7 Å². The molecule has 4 heteroatoms. The van der Waals surface area contributed by atoms with Crippen LogP contribution in [0.5, 0.6) is 11.5 Å². The van der Waals surface area contributed by atoms with Crippen molar-refractivity contribution in [1.82, 2.24) is 0 Å². The SMILES string of the molecule is Cc1ccc(C(C)C)cc1Oc1ccc(C(=O)O)cc1N. The predicted octanol–water partition coefficient (Wildman–Crippen LogP) is 4.19. The maximum absolute atomic E-state index is 10.9. The number of benzene rings is 2. The molecule has 0 spiro atoms. The number of anilines is 1. The van der Waals surface area contributed by atoms with Crippen molar-refractivity contribution in [2.24, 2.45) is 0 Å². The van der Waals surface area contributed by atoms with Gasteiger partial charge in [0.15, 0.2) is 0 Å². The monoisotopic (exact) mass is 285 g/mol. The van der Waals surface area contributed by atoms with Crippen LogP contribution < -0.4 is 10.5 Å². The van der Waals surface area contributed by atoms with Crippen molar-refractivity contribution >= 4 is 11.7 Å². The second-order valence-electron chi connectivity index (χ2n) is 5.34. The average molecular weight is 285 g/mol. The first-order valence-electron chi connectivity index (χ1n) is 6.79. The third-order valence-electron chi connectivity index (χ3n) is 3.36. The lowest BCUT2D eigenvalue weighted by Gasteiger charge is -2.14. The fraction of sp³-hybridized carbons (Fsp3) is 0.235. The second-order valence-corrected chi connectivity index (χ2v) is 5.34. The van der Waals surface area contributed by atoms with Crippen molar-refractivity contribution in [1.29, 1.82) is 0 Å². The summed E-state index contributed by atoms with van der Waals surface area (Å²) in [5.41, 5.74) is 8.50. The summed E-state index contributed by atoms with van der Waals surface area (Å²) in [6, 6.07) is 10.5. The zero-order valence-corrected chi connectivity index (χ0v) is 12.4. The molecular weight excluding hydrogens is 266 g/mol. The minimum Gasteiger partial charge on any atom is -0.478 e. The van der Waals surface area contributed by atoms with Crippen molar-refractivity contribution in [2.75, 3.05) is 5.73 Å². The number of rotatable bonds is 4. The van der Waals surface area contributed by atoms with E-state index < -0.39 is 5.97 Å². The Labute approximate surface area is 124 Å². The minimum absolute atomic E-state index is 0.146. The molecule has 0 amide bonds. The van der Waals surface area contributed by atoms with Gasteiger partial charge in [-0.25, -0.2) is 4.79 Å². The summed E-state index contributed by atoms with van der Waals surface area (Å²) in [6.07, 6.45) is 0. The number of carbonyl (C=O) groups is 1. The molecule has 0 atom stereocenters. The highest BCUT2D eigenvalue weighted by atomic mass is 16.5. The summed E-state index contributed by atoms with van der Waals surface area (Å²) in [6.45, 7) is 6.19. The fourth-order valence-electron chi connectivity index (χ4n) is 1.98. The van der Waals surface area contributed by atoms with E-state index >= 15 is 0 Å². The second kappa shape index (κ2) is 5.87. The van der Waals surface area contributed by atoms with Gasteiger partial charge in [0.1, 0.15) is 11.5 Å². The Morgan fingerprint density at radius 2 is 1.86 bits per heavy atom. The number of aromatic carboxylic acids is 1. The van der Waals surface area contributed by atoms with Crippen LogP contribution in [0.3, 0.4) is 0 Å². The zero-order valence-electron chi connectivity index (χ0n) is 12.4. The summed E-state index contributed by atoms with van der Waals surface area (Å²) in [4.78, 5) is 10.9. The van der Waals surface area contributed by atoms with Crippen molar-refractivity contribution in [3.05, 3.63) is 53.1 Å². The molecule has 0 fully saturated rings. The lowest BCUT2D eigenvalue weighted by Crippen LogP contribution is -2.00. The smallest absolute Gasteiger partial charge is 0.335 e. The molecule has 0 radical (unpaired) electrons. The van der Waals surface area contributed by atoms with E-state index in [0.29, 0.717) is 17.4 Å². The highest BCUT2D eigenvalue weighted by Gasteiger charge is 2.10. The maximum Gasteiger partial charge on any atom is 0.335 e. The number of hydrogen-bond donors (Lipinski definition) is 2. The van der Waals surface area contributed by atoms with E-state index in [2.05, 4.69) is 19.9 Å². The summed E-state index contributed by atoms with van der Waals surface area (Å²) < 4.78 is 5.85. The molecule has 110 valence electrons. The first-order valence-corrected chi connectivity index (χ1v) is 6.79. The van der Waals surface area contributed by atoms with Gasteiger partial charge in [-0.1, -0.05) is 26.0 Å². The highest BCUT2D eigenvalue weighted by molar-refractivity contribution is 5.89. The summed E-state index contributed by atoms with van der Waals surface area (Å²) in [5.74, 6) is 0.589. The predicted molar refractivity (Wildman–Crippen MR) is 83.2 cm³/mol. The van der Waals surface area contributed by atoms with Crippen LogP contribution in [-0.4, -0.2) is 11.1 Å². The standard InChI is InChI=1S/C17H19NO3/c1-10(2)12-5-4-11(3)16(9-12)21-15-7-6-13(17(19)20)8-14(15)18/h4-10H,18H2,1-3H3,(H,19,20). The molecule has 0 bridgehead atoms. The zero-order chi connectivity index (χ0) is 15.6. The first kappa shape index (κ1) is 14.9. The quantitative estimate of drug-likeness (QED) is 0.826. The Balaban J connectivity index is 2.34. The van der Waals surface area contributed by atoms with Crippen LogP contribution in [0.2, 0.25) is 0 Å². The molecule has 21 heavy (non-hydrogen) atoms. The van der Waals surface area contributed by atoms with Gasteiger partial charge in [0, 0.05) is 0 Å². The minimum atomic E-state index is -1.01. The molecular formula is C17H19NO3. The largest absolute Gasteiger partial charge is 0.478 e. The van der Waals surface area contributed by atoms with E-state index in [1.165, 1.54) is 17.7 Å². The number of nitrogen functional groups attached to an aromatic ring is 1. The fourth-order valence-corrected chi connectivity index (χ4v) is 1.98. The molecule has 0 aliphatic rings. The normalized spacial score (nSPS) is 10.7. The van der Waals surface area contributed by atoms with E-state index in [1.54, 1.807) is 6.07 Å². The van der Waals surface area contributed by atoms with Gasteiger partial charge in [0.25, 0.3) is 0 Å². The van der Waals surface area contributed by atoms with Crippen LogP contribution >= 0.6 is 0 Å². The topological polar surface area (TPSA) is 72.5 Å². The Morgan fingerprint density at radius 3 is 2.43 bits per heavy atom. The van der Waals surface area contributed by atoms with Gasteiger partial charge in [-0.15, -0.1) is 0 Å². The number of carboxylic acids is 1. The molecule has 2 aromatic rings. The Kier molecular flexibility index (Phi) is 4.17. The van der Waals surface area contributed by atoms with Crippen LogP contribution in [0.25, 0.3) is 0 Å². The van der Waals surface area contributed by atoms with Gasteiger partial charge in [0.05, 0.1) is 11.3 Å². The van der Waals surface area contributed by atoms with Crippen molar-refractivity contribution in [3.8, 4) is 11.5 Å². The lowest BCUT2D eigenvalue weighted by atomic mass is 10.0. The summed E-state index contributed by atoms with van der Waals surface area (Å²) in [5, 5.41) is 8.94. The maximum atomic E-state index is 10.9. The molecule has 0 aromatic heterocycles. The molecule has 2 aromatic carbocycles. The van der Waals surface area contributed by atoms with Crippen molar-refractivity contribution < 1.29 is 14.6 Å². The Morgan fingerprint density at radius 1 is 1.14 bits per heavy atom. The van der Waals surface area contributed by atoms with Gasteiger partial charge in [-0.05, 0) is 48.2 Å². The van der Waals surface area contributed by atoms with E-state index in [9.17, 15) is 4.79 Å². The summed E-state index contributed by atoms with van der Waals surface area (Å²) in [7, 11) is 0. The first-order chi connectivity index (χ1) is 9.88. The number of aryl methyl sites for hydroxylation is 1. The molecule has 0 unspecified atom stereocenters. The molecule has 0 aliphatic carbocycles. The van der Waals surface area contributed by atoms with Crippen LogP contribution in [0.1, 0.15) is 41.3 Å². The lowest BCUT2D eigenvalue weighted by molar-refractivity contribution is 0.0697. The third-order valence-corrected chi connectivity index (χ3v) is 3.36. The van der Waals surface area contributed by atoms with Crippen LogP contribution in [0.4, 0.5) is 5.69 Å². The number of carboxylic acid groups (broad SMARTS) is 1. The van der Waals surface area contributed by atoms with E-state index in [1.807, 2.05) is 19.1 Å². The van der Waals surface area contributed by atoms with Gasteiger partial charge >= 0.3 is 5.97 Å². The molecule has 0 saturated heterocycles. The van der Waals surface area contributed by atoms with Gasteiger partial charge in [-0.3, -0.25) is 0 Å². The number of nitrogens with two attached hydrogens (primary N) is 1. The highest BCUT2D eigenvalue weighted by Crippen LogP contribution is 2.32. The Hall–Kier alpha value is -2.49. The van der Waals surface area contributed by atoms with E-state index in [-0.39, 0.29) is 5.56 Å². The average Bonchev–Trinajstić information content (AvgIpc) is 2.42. The van der Waals surface area contributed by atoms with Gasteiger partial charge in [-0.2, -0.15) is 0 Å².